The van der Waals surface area contributed by atoms with Gasteiger partial charge in [0.1, 0.15) is 0 Å². The Labute approximate surface area is 115 Å². The summed E-state index contributed by atoms with van der Waals surface area (Å²) in [6.45, 7) is 0. The fraction of sp³-hybridized carbons (Fsp3) is 0.600. The van der Waals surface area contributed by atoms with E-state index in [1.54, 1.807) is 6.07 Å². The van der Waals surface area contributed by atoms with Gasteiger partial charge in [0, 0.05) is 4.83 Å². The van der Waals surface area contributed by atoms with Gasteiger partial charge in [-0.3, -0.25) is 0 Å². The number of rotatable bonds is 3. The Balaban J connectivity index is 1.64. The zero-order valence-electron chi connectivity index (χ0n) is 10.2. The van der Waals surface area contributed by atoms with Gasteiger partial charge in [-0.2, -0.15) is 0 Å². The minimum Gasteiger partial charge on any atom is -0.204 e. The van der Waals surface area contributed by atoms with Gasteiger partial charge in [0.05, 0.1) is 0 Å². The first kappa shape index (κ1) is 12.6. The maximum Gasteiger partial charge on any atom is 0.159 e. The molecule has 2 aliphatic rings. The third-order valence-electron chi connectivity index (χ3n) is 4.56. The molecule has 0 saturated heterocycles. The highest BCUT2D eigenvalue weighted by Gasteiger charge is 2.53. The van der Waals surface area contributed by atoms with Crippen LogP contribution in [0.5, 0.6) is 0 Å². The summed E-state index contributed by atoms with van der Waals surface area (Å²) < 4.78 is 26.0. The summed E-state index contributed by atoms with van der Waals surface area (Å²) >= 11 is 3.76. The molecule has 2 aliphatic carbocycles. The first-order valence-electron chi connectivity index (χ1n) is 6.75. The van der Waals surface area contributed by atoms with Gasteiger partial charge >= 0.3 is 0 Å². The van der Waals surface area contributed by atoms with Crippen LogP contribution in [0.25, 0.3) is 0 Å². The highest BCUT2D eigenvalue weighted by Crippen LogP contribution is 2.58. The molecule has 2 saturated carbocycles. The Morgan fingerprint density at radius 2 is 1.78 bits per heavy atom. The molecule has 2 fully saturated rings. The summed E-state index contributed by atoms with van der Waals surface area (Å²) in [6, 6.07) is 4.25. The Morgan fingerprint density at radius 3 is 2.39 bits per heavy atom. The Bertz CT molecular complexity index is 434. The fourth-order valence-electron chi connectivity index (χ4n) is 3.61. The molecule has 0 aromatic heterocycles. The van der Waals surface area contributed by atoms with Crippen LogP contribution in [-0.4, -0.2) is 4.83 Å². The minimum absolute atomic E-state index is 0.412. The first-order valence-corrected chi connectivity index (χ1v) is 7.66. The zero-order chi connectivity index (χ0) is 12.7. The second kappa shape index (κ2) is 4.92. The largest absolute Gasteiger partial charge is 0.204 e. The molecule has 0 heterocycles. The maximum atomic E-state index is 13.2. The van der Waals surface area contributed by atoms with Crippen molar-refractivity contribution >= 4 is 15.9 Å². The third-order valence-corrected chi connectivity index (χ3v) is 5.49. The summed E-state index contributed by atoms with van der Waals surface area (Å²) in [7, 11) is 0. The van der Waals surface area contributed by atoms with Crippen LogP contribution in [0.2, 0.25) is 0 Å². The van der Waals surface area contributed by atoms with Gasteiger partial charge in [-0.25, -0.2) is 8.78 Å². The molecule has 3 unspecified atom stereocenters. The Kier molecular flexibility index (Phi) is 3.44. The number of alkyl halides is 1. The molecule has 0 aliphatic heterocycles. The van der Waals surface area contributed by atoms with Crippen molar-refractivity contribution in [2.45, 2.75) is 36.9 Å². The summed E-state index contributed by atoms with van der Waals surface area (Å²) in [5.41, 5.74) is 0.888. The molecule has 0 N–H and O–H groups in total. The van der Waals surface area contributed by atoms with Crippen molar-refractivity contribution in [2.24, 2.45) is 17.8 Å². The topological polar surface area (TPSA) is 0 Å². The van der Waals surface area contributed by atoms with Crippen LogP contribution in [0.15, 0.2) is 18.2 Å². The molecule has 0 spiro atoms. The SMILES string of the molecule is Fc1ccc(CC(Br)C2C3CCCCC32)cc1F. The van der Waals surface area contributed by atoms with E-state index in [2.05, 4.69) is 15.9 Å². The maximum absolute atomic E-state index is 13.2. The van der Waals surface area contributed by atoms with E-state index >= 15 is 0 Å². The van der Waals surface area contributed by atoms with Gasteiger partial charge in [-0.1, -0.05) is 34.8 Å². The van der Waals surface area contributed by atoms with E-state index < -0.39 is 11.6 Å². The quantitative estimate of drug-likeness (QED) is 0.709. The van der Waals surface area contributed by atoms with Crippen LogP contribution in [0, 0.1) is 29.4 Å². The number of hydrogen-bond donors (Lipinski definition) is 0. The first-order chi connectivity index (χ1) is 8.66. The van der Waals surface area contributed by atoms with Gasteiger partial charge in [0.2, 0.25) is 0 Å². The van der Waals surface area contributed by atoms with Crippen molar-refractivity contribution in [3.8, 4) is 0 Å². The van der Waals surface area contributed by atoms with Crippen molar-refractivity contribution in [1.82, 2.24) is 0 Å². The van der Waals surface area contributed by atoms with E-state index in [1.807, 2.05) is 0 Å². The number of benzene rings is 1. The van der Waals surface area contributed by atoms with E-state index in [1.165, 1.54) is 37.8 Å². The molecule has 3 atom stereocenters. The highest BCUT2D eigenvalue weighted by atomic mass is 79.9. The molecule has 0 radical (unpaired) electrons. The van der Waals surface area contributed by atoms with Crippen molar-refractivity contribution in [2.75, 3.05) is 0 Å². The standard InChI is InChI=1S/C15H17BrF2/c16-12(15-10-3-1-2-4-11(10)15)7-9-5-6-13(17)14(18)8-9/h5-6,8,10-12,15H,1-4,7H2. The van der Waals surface area contributed by atoms with Crippen LogP contribution >= 0.6 is 15.9 Å². The average molecular weight is 315 g/mol. The minimum atomic E-state index is -0.759. The number of hydrogen-bond acceptors (Lipinski definition) is 0. The van der Waals surface area contributed by atoms with Gasteiger partial charge < -0.3 is 0 Å². The lowest BCUT2D eigenvalue weighted by molar-refractivity contribution is 0.480. The molecule has 1 aromatic rings. The lowest BCUT2D eigenvalue weighted by atomic mass is 10.0. The normalized spacial score (nSPS) is 31.8. The van der Waals surface area contributed by atoms with Crippen LogP contribution in [0.1, 0.15) is 31.2 Å². The van der Waals surface area contributed by atoms with Crippen LogP contribution < -0.4 is 0 Å². The van der Waals surface area contributed by atoms with Crippen LogP contribution in [0.4, 0.5) is 8.78 Å². The molecule has 3 rings (SSSR count). The molecular weight excluding hydrogens is 298 g/mol. The molecule has 98 valence electrons. The van der Waals surface area contributed by atoms with Gasteiger partial charge in [-0.15, -0.1) is 0 Å². The average Bonchev–Trinajstić information content (AvgIpc) is 3.08. The molecule has 3 heteroatoms. The van der Waals surface area contributed by atoms with E-state index in [9.17, 15) is 8.78 Å². The van der Waals surface area contributed by atoms with Crippen molar-refractivity contribution < 1.29 is 8.78 Å². The molecular formula is C15H17BrF2. The lowest BCUT2D eigenvalue weighted by Crippen LogP contribution is -2.08. The zero-order valence-corrected chi connectivity index (χ0v) is 11.8. The summed E-state index contributed by atoms with van der Waals surface area (Å²) in [4.78, 5) is 0.412. The van der Waals surface area contributed by atoms with Gasteiger partial charge in [0.15, 0.2) is 11.6 Å². The van der Waals surface area contributed by atoms with Crippen LogP contribution in [0.3, 0.4) is 0 Å². The Hall–Kier alpha value is -0.440. The van der Waals surface area contributed by atoms with Crippen molar-refractivity contribution in [1.29, 1.82) is 0 Å². The molecule has 0 nitrogen and oxygen atoms in total. The lowest BCUT2D eigenvalue weighted by Gasteiger charge is -2.10. The van der Waals surface area contributed by atoms with Crippen LogP contribution in [-0.2, 0) is 6.42 Å². The molecule has 1 aromatic carbocycles. The molecule has 0 bridgehead atoms. The molecule has 18 heavy (non-hydrogen) atoms. The predicted molar refractivity (Wildman–Crippen MR) is 71.7 cm³/mol. The van der Waals surface area contributed by atoms with E-state index in [0.29, 0.717) is 4.83 Å². The van der Waals surface area contributed by atoms with Crippen molar-refractivity contribution in [3.05, 3.63) is 35.4 Å². The van der Waals surface area contributed by atoms with Crippen molar-refractivity contribution in [3.63, 3.8) is 0 Å². The highest BCUT2D eigenvalue weighted by molar-refractivity contribution is 9.09. The van der Waals surface area contributed by atoms with E-state index in [0.717, 1.165) is 29.7 Å². The second-order valence-electron chi connectivity index (χ2n) is 5.66. The summed E-state index contributed by atoms with van der Waals surface area (Å²) in [5, 5.41) is 0. The van der Waals surface area contributed by atoms with Gasteiger partial charge in [-0.05, 0) is 54.7 Å². The smallest absolute Gasteiger partial charge is 0.159 e. The monoisotopic (exact) mass is 314 g/mol. The molecule has 0 amide bonds. The second-order valence-corrected chi connectivity index (χ2v) is 6.83. The third kappa shape index (κ3) is 2.34. The van der Waals surface area contributed by atoms with Gasteiger partial charge in [0.25, 0.3) is 0 Å². The number of halogens is 3. The van der Waals surface area contributed by atoms with E-state index in [-0.39, 0.29) is 0 Å². The predicted octanol–water partition coefficient (Wildman–Crippen LogP) is 4.71. The summed E-state index contributed by atoms with van der Waals surface area (Å²) in [5.74, 6) is 1.02. The summed E-state index contributed by atoms with van der Waals surface area (Å²) in [6.07, 6.45) is 6.24. The van der Waals surface area contributed by atoms with E-state index in [4.69, 9.17) is 0 Å². The Morgan fingerprint density at radius 1 is 1.11 bits per heavy atom. The fourth-order valence-corrected chi connectivity index (χ4v) is 4.77. The number of fused-ring (bicyclic) bond motifs is 1.